The van der Waals surface area contributed by atoms with Crippen molar-refractivity contribution >= 4 is 29.4 Å². The van der Waals surface area contributed by atoms with Crippen LogP contribution in [0.4, 0.5) is 16.3 Å². The lowest BCUT2D eigenvalue weighted by molar-refractivity contribution is -0.137. The molecule has 2 aliphatic rings. The smallest absolute Gasteiger partial charge is 0.325 e. The number of hydrogen-bond donors (Lipinski definition) is 2. The molecule has 3 heterocycles. The van der Waals surface area contributed by atoms with Crippen LogP contribution in [0, 0.1) is 13.8 Å². The van der Waals surface area contributed by atoms with E-state index in [4.69, 9.17) is 4.52 Å². The summed E-state index contributed by atoms with van der Waals surface area (Å²) in [6.07, 6.45) is 0.530. The number of aryl methyl sites for hydroxylation is 1. The lowest BCUT2D eigenvalue weighted by atomic mass is 10.1. The molecule has 28 heavy (non-hydrogen) atoms. The highest BCUT2D eigenvalue weighted by Crippen LogP contribution is 2.30. The number of urea groups is 1. The Morgan fingerprint density at radius 2 is 2.14 bits per heavy atom. The van der Waals surface area contributed by atoms with E-state index in [1.165, 1.54) is 0 Å². The number of nitrogens with zero attached hydrogens (tertiary/aromatic N) is 3. The first-order chi connectivity index (χ1) is 13.4. The highest BCUT2D eigenvalue weighted by Gasteiger charge is 2.33. The summed E-state index contributed by atoms with van der Waals surface area (Å²) in [7, 11) is 0. The zero-order valence-corrected chi connectivity index (χ0v) is 15.7. The predicted octanol–water partition coefficient (Wildman–Crippen LogP) is 1.47. The lowest BCUT2D eigenvalue weighted by Gasteiger charge is -2.27. The lowest BCUT2D eigenvalue weighted by Crippen LogP contribution is -2.44. The van der Waals surface area contributed by atoms with E-state index in [0.717, 1.165) is 33.0 Å². The Balaban J connectivity index is 1.50. The number of amides is 4. The van der Waals surface area contributed by atoms with Gasteiger partial charge in [-0.05, 0) is 31.0 Å². The maximum Gasteiger partial charge on any atom is 0.325 e. The first kappa shape index (κ1) is 18.0. The van der Waals surface area contributed by atoms with E-state index < -0.39 is 11.9 Å². The van der Waals surface area contributed by atoms with E-state index in [2.05, 4.69) is 15.8 Å². The van der Waals surface area contributed by atoms with Gasteiger partial charge in [0.2, 0.25) is 5.91 Å². The van der Waals surface area contributed by atoms with Gasteiger partial charge in [-0.25, -0.2) is 4.79 Å². The fourth-order valence-electron chi connectivity index (χ4n) is 3.38. The minimum Gasteiger partial charge on any atom is -0.359 e. The van der Waals surface area contributed by atoms with Crippen molar-refractivity contribution in [2.24, 2.45) is 0 Å². The molecule has 1 aromatic carbocycles. The topological polar surface area (TPSA) is 108 Å². The molecule has 0 spiro atoms. The molecule has 4 amide bonds. The molecule has 0 aliphatic carbocycles. The number of imide groups is 1. The van der Waals surface area contributed by atoms with Gasteiger partial charge in [-0.2, -0.15) is 0 Å². The summed E-state index contributed by atoms with van der Waals surface area (Å²) < 4.78 is 5.45. The monoisotopic (exact) mass is 383 g/mol. The zero-order valence-electron chi connectivity index (χ0n) is 15.7. The van der Waals surface area contributed by atoms with E-state index in [0.29, 0.717) is 25.3 Å². The highest BCUT2D eigenvalue weighted by molar-refractivity contribution is 6.04. The molecule has 146 valence electrons. The summed E-state index contributed by atoms with van der Waals surface area (Å²) in [6, 6.07) is 5.44. The third-order valence-electron chi connectivity index (χ3n) is 5.27. The molecule has 4 rings (SSSR count). The van der Waals surface area contributed by atoms with Gasteiger partial charge in [-0.15, -0.1) is 0 Å². The Hall–Kier alpha value is -3.36. The van der Waals surface area contributed by atoms with Gasteiger partial charge < -0.3 is 20.1 Å². The van der Waals surface area contributed by atoms with Crippen molar-refractivity contribution < 1.29 is 18.9 Å². The molecule has 2 N–H and O–H groups in total. The second-order valence-electron chi connectivity index (χ2n) is 7.01. The summed E-state index contributed by atoms with van der Waals surface area (Å²) in [5.74, 6) is 0.649. The van der Waals surface area contributed by atoms with Crippen LogP contribution in [0.15, 0.2) is 22.7 Å². The van der Waals surface area contributed by atoms with Crippen LogP contribution in [0.25, 0.3) is 0 Å². The van der Waals surface area contributed by atoms with Gasteiger partial charge in [-0.3, -0.25) is 14.5 Å². The quantitative estimate of drug-likeness (QED) is 0.774. The van der Waals surface area contributed by atoms with Crippen LogP contribution in [0.2, 0.25) is 0 Å². The zero-order chi connectivity index (χ0) is 19.8. The van der Waals surface area contributed by atoms with Crippen molar-refractivity contribution in [1.82, 2.24) is 20.3 Å². The Morgan fingerprint density at radius 3 is 2.89 bits per heavy atom. The fourth-order valence-corrected chi connectivity index (χ4v) is 3.38. The average Bonchev–Trinajstić information content (AvgIpc) is 3.23. The molecule has 2 aromatic rings. The van der Waals surface area contributed by atoms with Crippen molar-refractivity contribution in [3.05, 3.63) is 40.6 Å². The van der Waals surface area contributed by atoms with Gasteiger partial charge >= 0.3 is 6.03 Å². The molecule has 9 heteroatoms. The van der Waals surface area contributed by atoms with Crippen molar-refractivity contribution in [3.63, 3.8) is 0 Å². The number of carbonyl (C=O) groups is 3. The SMILES string of the molecule is Cc1cccc(Nc2noc3c2CN(C(=O)CN2C(=O)CNC2=O)CC3)c1C. The Morgan fingerprint density at radius 1 is 1.32 bits per heavy atom. The standard InChI is InChI=1S/C19H21N5O4/c1-11-4-3-5-14(12(11)2)21-18-13-9-23(7-6-15(13)28-22-18)17(26)10-24-16(25)8-20-19(24)27/h3-5H,6-10H2,1-2H3,(H,20,27)(H,21,22). The van der Waals surface area contributed by atoms with Crippen LogP contribution in [-0.2, 0) is 22.6 Å². The number of benzene rings is 1. The van der Waals surface area contributed by atoms with Crippen molar-refractivity contribution in [2.45, 2.75) is 26.8 Å². The Kier molecular flexibility index (Phi) is 4.50. The molecule has 1 saturated heterocycles. The molecule has 1 aromatic heterocycles. The number of aromatic nitrogens is 1. The highest BCUT2D eigenvalue weighted by atomic mass is 16.5. The van der Waals surface area contributed by atoms with Crippen molar-refractivity contribution in [3.8, 4) is 0 Å². The molecule has 0 bridgehead atoms. The van der Waals surface area contributed by atoms with Crippen molar-refractivity contribution in [1.29, 1.82) is 0 Å². The van der Waals surface area contributed by atoms with Gasteiger partial charge in [0, 0.05) is 18.7 Å². The van der Waals surface area contributed by atoms with E-state index in [-0.39, 0.29) is 19.0 Å². The van der Waals surface area contributed by atoms with Crippen molar-refractivity contribution in [2.75, 3.05) is 25.0 Å². The fraction of sp³-hybridized carbons (Fsp3) is 0.368. The molecule has 0 saturated carbocycles. The molecular formula is C19H21N5O4. The van der Waals surface area contributed by atoms with E-state index in [1.807, 2.05) is 32.0 Å². The van der Waals surface area contributed by atoms with Gasteiger partial charge in [0.1, 0.15) is 12.3 Å². The molecular weight excluding hydrogens is 362 g/mol. The number of rotatable bonds is 4. The second-order valence-corrected chi connectivity index (χ2v) is 7.01. The molecule has 0 radical (unpaired) electrons. The van der Waals surface area contributed by atoms with E-state index >= 15 is 0 Å². The van der Waals surface area contributed by atoms with Gasteiger partial charge in [0.25, 0.3) is 5.91 Å². The molecule has 0 atom stereocenters. The summed E-state index contributed by atoms with van der Waals surface area (Å²) in [6.45, 7) is 4.51. The molecule has 1 fully saturated rings. The second kappa shape index (κ2) is 6.99. The minimum atomic E-state index is -0.529. The van der Waals surface area contributed by atoms with Crippen LogP contribution in [-0.4, -0.2) is 52.4 Å². The number of anilines is 2. The first-order valence-electron chi connectivity index (χ1n) is 9.10. The van der Waals surface area contributed by atoms with Crippen LogP contribution in [0.3, 0.4) is 0 Å². The summed E-state index contributed by atoms with van der Waals surface area (Å²) in [4.78, 5) is 38.6. The van der Waals surface area contributed by atoms with Gasteiger partial charge in [0.05, 0.1) is 18.7 Å². The number of fused-ring (bicyclic) bond motifs is 1. The average molecular weight is 383 g/mol. The third kappa shape index (κ3) is 3.19. The minimum absolute atomic E-state index is 0.0637. The van der Waals surface area contributed by atoms with Gasteiger partial charge in [-0.1, -0.05) is 17.3 Å². The Bertz CT molecular complexity index is 951. The number of hydrogen-bond acceptors (Lipinski definition) is 6. The first-order valence-corrected chi connectivity index (χ1v) is 9.10. The van der Waals surface area contributed by atoms with Crippen LogP contribution >= 0.6 is 0 Å². The molecule has 2 aliphatic heterocycles. The largest absolute Gasteiger partial charge is 0.359 e. The third-order valence-corrected chi connectivity index (χ3v) is 5.27. The van der Waals surface area contributed by atoms with E-state index in [9.17, 15) is 14.4 Å². The maximum atomic E-state index is 12.6. The maximum absolute atomic E-state index is 12.6. The summed E-state index contributed by atoms with van der Waals surface area (Å²) in [5.41, 5.74) is 4.02. The summed E-state index contributed by atoms with van der Waals surface area (Å²) in [5, 5.41) is 9.85. The molecule has 9 nitrogen and oxygen atoms in total. The Labute approximate surface area is 161 Å². The summed E-state index contributed by atoms with van der Waals surface area (Å²) >= 11 is 0. The van der Waals surface area contributed by atoms with Crippen LogP contribution < -0.4 is 10.6 Å². The van der Waals surface area contributed by atoms with Gasteiger partial charge in [0.15, 0.2) is 5.82 Å². The predicted molar refractivity (Wildman–Crippen MR) is 99.9 cm³/mol. The van der Waals surface area contributed by atoms with Crippen LogP contribution in [0.5, 0.6) is 0 Å². The number of carbonyl (C=O) groups excluding carboxylic acids is 3. The van der Waals surface area contributed by atoms with E-state index in [1.54, 1.807) is 4.90 Å². The number of nitrogens with one attached hydrogen (secondary N) is 2. The normalized spacial score (nSPS) is 16.2. The van der Waals surface area contributed by atoms with Crippen LogP contribution in [0.1, 0.15) is 22.5 Å². The molecule has 0 unspecified atom stereocenters.